The number of nitrogens with zero attached hydrogens (tertiary/aromatic N) is 3. The van der Waals surface area contributed by atoms with Crippen LogP contribution in [0.25, 0.3) is 10.9 Å². The fourth-order valence-electron chi connectivity index (χ4n) is 3.39. The van der Waals surface area contributed by atoms with Gasteiger partial charge in [0.1, 0.15) is 5.75 Å². The van der Waals surface area contributed by atoms with E-state index in [4.69, 9.17) is 22.7 Å². The Morgan fingerprint density at radius 3 is 2.64 bits per heavy atom. The van der Waals surface area contributed by atoms with E-state index in [-0.39, 0.29) is 11.0 Å². The zero-order chi connectivity index (χ0) is 20.3. The van der Waals surface area contributed by atoms with Crippen molar-refractivity contribution in [2.45, 2.75) is 33.7 Å². The van der Waals surface area contributed by atoms with Gasteiger partial charge in [-0.2, -0.15) is 0 Å². The van der Waals surface area contributed by atoms with Crippen molar-refractivity contribution in [3.8, 4) is 11.6 Å². The first kappa shape index (κ1) is 19.8. The second-order valence-electron chi connectivity index (χ2n) is 6.81. The number of aromatic nitrogens is 1. The first-order valence-corrected chi connectivity index (χ1v) is 9.51. The van der Waals surface area contributed by atoms with Crippen molar-refractivity contribution in [1.29, 1.82) is 0 Å². The summed E-state index contributed by atoms with van der Waals surface area (Å²) >= 11 is 4.77. The maximum absolute atomic E-state index is 10.8. The van der Waals surface area contributed by atoms with Crippen LogP contribution in [0.4, 0.5) is 5.69 Å². The summed E-state index contributed by atoms with van der Waals surface area (Å²) in [7, 11) is 0. The van der Waals surface area contributed by atoms with E-state index in [9.17, 15) is 5.11 Å². The van der Waals surface area contributed by atoms with Crippen LogP contribution in [0.15, 0.2) is 46.6 Å². The molecule has 1 heterocycles. The number of aromatic hydroxyl groups is 1. The lowest BCUT2D eigenvalue weighted by Gasteiger charge is -2.11. The van der Waals surface area contributed by atoms with Gasteiger partial charge in [-0.3, -0.25) is 0 Å². The zero-order valence-electron chi connectivity index (χ0n) is 16.3. The van der Waals surface area contributed by atoms with Gasteiger partial charge in [-0.25, -0.2) is 0 Å². The van der Waals surface area contributed by atoms with Crippen molar-refractivity contribution in [2.75, 3.05) is 6.61 Å². The summed E-state index contributed by atoms with van der Waals surface area (Å²) in [6, 6.07) is 12.0. The molecular weight excluding hydrogens is 372 g/mol. The molecule has 28 heavy (non-hydrogen) atoms. The summed E-state index contributed by atoms with van der Waals surface area (Å²) in [6.07, 6.45) is 0.727. The van der Waals surface area contributed by atoms with Crippen LogP contribution in [-0.2, 0) is 6.54 Å². The molecule has 0 aliphatic heterocycles. The molecule has 1 aromatic heterocycles. The molecule has 6 nitrogen and oxygen atoms in total. The molecule has 7 heteroatoms. The van der Waals surface area contributed by atoms with E-state index in [2.05, 4.69) is 16.3 Å². The summed E-state index contributed by atoms with van der Waals surface area (Å²) < 4.78 is 7.72. The van der Waals surface area contributed by atoms with E-state index >= 15 is 0 Å². The standard InChI is InChI=1S/C21H24N4O2S/c1-13-11-15(3)19-16(12-13)18(23-24-21(22)28)20(26)25(19)9-6-10-27-17-8-5-4-7-14(17)2/h4-5,7-8,11-12,26H,6,9-10H2,1-3H3,(H2,22,28). The molecule has 0 bridgehead atoms. The summed E-state index contributed by atoms with van der Waals surface area (Å²) in [4.78, 5) is 0. The number of hydrogen-bond acceptors (Lipinski definition) is 4. The minimum atomic E-state index is -0.0729. The first-order valence-electron chi connectivity index (χ1n) is 9.10. The number of aryl methyl sites for hydroxylation is 4. The van der Waals surface area contributed by atoms with E-state index in [0.29, 0.717) is 18.8 Å². The molecule has 3 rings (SSSR count). The Bertz CT molecular complexity index is 1060. The molecule has 0 fully saturated rings. The van der Waals surface area contributed by atoms with Crippen LogP contribution in [0.1, 0.15) is 23.1 Å². The number of nitrogens with two attached hydrogens (primary N) is 1. The highest BCUT2D eigenvalue weighted by Crippen LogP contribution is 2.41. The lowest BCUT2D eigenvalue weighted by atomic mass is 10.1. The average molecular weight is 397 g/mol. The third-order valence-corrected chi connectivity index (χ3v) is 4.64. The number of thiocarbonyl (C=S) groups is 1. The monoisotopic (exact) mass is 396 g/mol. The molecule has 0 amide bonds. The normalized spacial score (nSPS) is 11.4. The van der Waals surface area contributed by atoms with Crippen LogP contribution in [-0.4, -0.2) is 21.4 Å². The number of fused-ring (bicyclic) bond motifs is 1. The van der Waals surface area contributed by atoms with Crippen molar-refractivity contribution in [3.63, 3.8) is 0 Å². The molecule has 0 unspecified atom stereocenters. The van der Waals surface area contributed by atoms with Crippen LogP contribution in [0, 0.1) is 20.8 Å². The quantitative estimate of drug-likeness (QED) is 0.346. The van der Waals surface area contributed by atoms with Crippen LogP contribution >= 0.6 is 12.2 Å². The van der Waals surface area contributed by atoms with Crippen LogP contribution < -0.4 is 10.5 Å². The SMILES string of the molecule is Cc1cc(C)c2c(c1)c(N=NC(N)=S)c(O)n2CCCOc1ccccc1C. The summed E-state index contributed by atoms with van der Waals surface area (Å²) in [5, 5.41) is 19.4. The third kappa shape index (κ3) is 4.14. The van der Waals surface area contributed by atoms with Crippen molar-refractivity contribution < 1.29 is 9.84 Å². The molecule has 3 aromatic rings. The van der Waals surface area contributed by atoms with Gasteiger partial charge in [-0.15, -0.1) is 10.2 Å². The minimum absolute atomic E-state index is 0.0552. The minimum Gasteiger partial charge on any atom is -0.493 e. The van der Waals surface area contributed by atoms with Crippen LogP contribution in [0.2, 0.25) is 0 Å². The Morgan fingerprint density at radius 1 is 1.18 bits per heavy atom. The largest absolute Gasteiger partial charge is 0.493 e. The topological polar surface area (TPSA) is 85.1 Å². The van der Waals surface area contributed by atoms with E-state index in [1.807, 2.05) is 55.7 Å². The smallest absolute Gasteiger partial charge is 0.220 e. The maximum Gasteiger partial charge on any atom is 0.220 e. The van der Waals surface area contributed by atoms with Crippen molar-refractivity contribution in [3.05, 3.63) is 53.1 Å². The van der Waals surface area contributed by atoms with Crippen LogP contribution in [0.3, 0.4) is 0 Å². The van der Waals surface area contributed by atoms with Gasteiger partial charge < -0.3 is 20.1 Å². The third-order valence-electron chi connectivity index (χ3n) is 4.56. The molecule has 0 radical (unpaired) electrons. The van der Waals surface area contributed by atoms with Gasteiger partial charge in [0.15, 0.2) is 5.69 Å². The predicted octanol–water partition coefficient (Wildman–Crippen LogP) is 5.07. The fourth-order valence-corrected chi connectivity index (χ4v) is 3.43. The van der Waals surface area contributed by atoms with Gasteiger partial charge in [-0.1, -0.05) is 29.8 Å². The fraction of sp³-hybridized carbons (Fsp3) is 0.286. The molecule has 0 aliphatic carbocycles. The lowest BCUT2D eigenvalue weighted by molar-refractivity contribution is 0.296. The predicted molar refractivity (Wildman–Crippen MR) is 116 cm³/mol. The van der Waals surface area contributed by atoms with Gasteiger partial charge in [-0.05, 0) is 62.7 Å². The lowest BCUT2D eigenvalue weighted by Crippen LogP contribution is -2.05. The Morgan fingerprint density at radius 2 is 1.93 bits per heavy atom. The zero-order valence-corrected chi connectivity index (χ0v) is 17.1. The number of ether oxygens (including phenoxy) is 1. The Labute approximate surface area is 169 Å². The second kappa shape index (κ2) is 8.39. The number of benzene rings is 2. The number of para-hydroxylation sites is 1. The molecule has 0 aliphatic rings. The van der Waals surface area contributed by atoms with E-state index < -0.39 is 0 Å². The van der Waals surface area contributed by atoms with Crippen molar-refractivity contribution in [1.82, 2.24) is 4.57 Å². The Balaban J connectivity index is 1.87. The molecule has 0 saturated heterocycles. The number of azo groups is 1. The van der Waals surface area contributed by atoms with Crippen LogP contribution in [0.5, 0.6) is 11.6 Å². The van der Waals surface area contributed by atoms with E-state index in [1.165, 1.54) is 0 Å². The first-order chi connectivity index (χ1) is 13.4. The maximum atomic E-state index is 10.8. The highest BCUT2D eigenvalue weighted by molar-refractivity contribution is 7.80. The summed E-state index contributed by atoms with van der Waals surface area (Å²) in [6.45, 7) is 7.17. The second-order valence-corrected chi connectivity index (χ2v) is 7.23. The molecular formula is C21H24N4O2S. The van der Waals surface area contributed by atoms with Crippen molar-refractivity contribution in [2.24, 2.45) is 16.0 Å². The molecule has 0 atom stereocenters. The van der Waals surface area contributed by atoms with E-state index in [0.717, 1.165) is 39.8 Å². The summed E-state index contributed by atoms with van der Waals surface area (Å²) in [5.41, 5.74) is 9.98. The molecule has 3 N–H and O–H groups in total. The Hall–Kier alpha value is -2.93. The van der Waals surface area contributed by atoms with Gasteiger partial charge >= 0.3 is 0 Å². The van der Waals surface area contributed by atoms with Gasteiger partial charge in [0.25, 0.3) is 0 Å². The van der Waals surface area contributed by atoms with Gasteiger partial charge in [0.05, 0.1) is 12.1 Å². The molecule has 146 valence electrons. The summed E-state index contributed by atoms with van der Waals surface area (Å²) in [5.74, 6) is 0.932. The molecule has 0 spiro atoms. The van der Waals surface area contributed by atoms with Gasteiger partial charge in [0, 0.05) is 11.9 Å². The highest BCUT2D eigenvalue weighted by Gasteiger charge is 2.18. The van der Waals surface area contributed by atoms with E-state index in [1.54, 1.807) is 0 Å². The highest BCUT2D eigenvalue weighted by atomic mass is 32.1. The molecule has 2 aromatic carbocycles. The van der Waals surface area contributed by atoms with Gasteiger partial charge in [0.2, 0.25) is 11.0 Å². The number of rotatable bonds is 6. The number of hydrogen-bond donors (Lipinski definition) is 2. The Kier molecular flexibility index (Phi) is 5.94. The van der Waals surface area contributed by atoms with Crippen molar-refractivity contribution >= 4 is 33.9 Å². The average Bonchev–Trinajstić information content (AvgIpc) is 2.89. The molecule has 0 saturated carbocycles.